The van der Waals surface area contributed by atoms with Gasteiger partial charge in [-0.05, 0) is 87.5 Å². The number of carbonyl (C=O) groups excluding carboxylic acids is 2. The number of amides is 1. The van der Waals surface area contributed by atoms with E-state index in [1.165, 1.54) is 5.57 Å². The highest BCUT2D eigenvalue weighted by molar-refractivity contribution is 5.96. The van der Waals surface area contributed by atoms with Gasteiger partial charge in [-0.3, -0.25) is 9.59 Å². The average molecular weight is 497 g/mol. The Balaban J connectivity index is 1.19. The van der Waals surface area contributed by atoms with E-state index >= 15 is 0 Å². The number of oxime groups is 1. The molecule has 3 fully saturated rings. The molecule has 1 aromatic heterocycles. The summed E-state index contributed by atoms with van der Waals surface area (Å²) in [5, 5.41) is 18.5. The smallest absolute Gasteiger partial charge is 0.260 e. The zero-order valence-electron chi connectivity index (χ0n) is 21.8. The van der Waals surface area contributed by atoms with Crippen molar-refractivity contribution in [2.75, 3.05) is 13.2 Å². The molecule has 196 valence electrons. The first-order valence-electron chi connectivity index (χ1n) is 13.5. The molecule has 0 aliphatic heterocycles. The molecule has 5 rings (SSSR count). The molecule has 1 amide bonds. The molecule has 1 aromatic rings. The van der Waals surface area contributed by atoms with Crippen LogP contribution in [0.3, 0.4) is 0 Å². The third kappa shape index (κ3) is 4.11. The summed E-state index contributed by atoms with van der Waals surface area (Å²) in [5.74, 6) is 1.31. The quantitative estimate of drug-likeness (QED) is 0.498. The van der Waals surface area contributed by atoms with E-state index in [1.807, 2.05) is 0 Å². The lowest BCUT2D eigenvalue weighted by molar-refractivity contribution is -0.159. The lowest BCUT2D eigenvalue weighted by Crippen LogP contribution is -2.57. The monoisotopic (exact) mass is 496 g/mol. The van der Waals surface area contributed by atoms with Gasteiger partial charge in [0.1, 0.15) is 5.60 Å². The number of nitrogens with zero attached hydrogens (tertiary/aromatic N) is 2. The van der Waals surface area contributed by atoms with Gasteiger partial charge in [0.25, 0.3) is 5.91 Å². The molecule has 0 aromatic carbocycles. The predicted octanol–water partition coefficient (Wildman–Crippen LogP) is 3.72. The Bertz CT molecular complexity index is 1070. The summed E-state index contributed by atoms with van der Waals surface area (Å²) >= 11 is 0. The first kappa shape index (κ1) is 25.2. The summed E-state index contributed by atoms with van der Waals surface area (Å²) in [5.41, 5.74) is 2.02. The number of ketones is 1. The van der Waals surface area contributed by atoms with Crippen molar-refractivity contribution in [2.24, 2.45) is 33.7 Å². The van der Waals surface area contributed by atoms with Gasteiger partial charge >= 0.3 is 0 Å². The zero-order valence-corrected chi connectivity index (χ0v) is 21.8. The molecular formula is C28H40N4O4. The summed E-state index contributed by atoms with van der Waals surface area (Å²) in [7, 11) is 0. The number of carbonyl (C=O) groups is 2. The highest BCUT2D eigenvalue weighted by Crippen LogP contribution is 2.67. The van der Waals surface area contributed by atoms with Crippen molar-refractivity contribution in [2.45, 2.75) is 84.2 Å². The third-order valence-electron chi connectivity index (χ3n) is 10.4. The highest BCUT2D eigenvalue weighted by atomic mass is 16.6. The number of Topliss-reactive ketones (excluding diaryl/α,β-unsaturated/α-hetero) is 1. The molecule has 4 aliphatic rings. The standard InChI is InChI=1S/C28H40N4O4/c1-18(33)28(35)12-8-24-22-5-4-19-14-20(6-10-26(19,2)23(22)7-11-27(24,28)3)32-36-16-25(34)30-13-9-21-15-29-17-31-21/h14-15,17,22-24,35H,4-13,16H2,1-3H3,(H,29,31)(H,30,34)/b32-20-/t22-,23+,24+,26+,27+,28+/m1/s1. The molecule has 3 saturated carbocycles. The van der Waals surface area contributed by atoms with Gasteiger partial charge in [0.2, 0.25) is 0 Å². The van der Waals surface area contributed by atoms with E-state index in [4.69, 9.17) is 4.84 Å². The fraction of sp³-hybridized carbons (Fsp3) is 0.714. The number of rotatable bonds is 7. The Kier molecular flexibility index (Phi) is 6.60. The number of aromatic amines is 1. The summed E-state index contributed by atoms with van der Waals surface area (Å²) < 4.78 is 0. The molecule has 3 N–H and O–H groups in total. The van der Waals surface area contributed by atoms with Crippen molar-refractivity contribution in [3.63, 3.8) is 0 Å². The molecule has 6 atom stereocenters. The van der Waals surface area contributed by atoms with Crippen LogP contribution in [0.2, 0.25) is 0 Å². The van der Waals surface area contributed by atoms with Gasteiger partial charge in [0.15, 0.2) is 12.4 Å². The van der Waals surface area contributed by atoms with Gasteiger partial charge in [-0.1, -0.05) is 24.6 Å². The normalized spacial score (nSPS) is 38.5. The van der Waals surface area contributed by atoms with Gasteiger partial charge < -0.3 is 20.2 Å². The second kappa shape index (κ2) is 9.43. The molecule has 0 spiro atoms. The van der Waals surface area contributed by atoms with Gasteiger partial charge in [0, 0.05) is 30.3 Å². The van der Waals surface area contributed by atoms with Crippen LogP contribution in [0.4, 0.5) is 0 Å². The summed E-state index contributed by atoms with van der Waals surface area (Å²) in [6.45, 7) is 6.59. The fourth-order valence-electron chi connectivity index (χ4n) is 8.22. The Morgan fingerprint density at radius 1 is 1.19 bits per heavy atom. The number of aliphatic hydroxyl groups is 1. The number of nitrogens with one attached hydrogen (secondary N) is 2. The SMILES string of the molecule is CC(=O)[C@@]1(O)CC[C@H]2[C@@H]3CCC4=C/C(=N\OCC(=O)NCCc5cnc[nH]5)CC[C@]4(C)[C@H]3CC[C@@]21C. The number of fused-ring (bicyclic) bond motifs is 5. The molecule has 0 radical (unpaired) electrons. The number of allylic oxidation sites excluding steroid dienone is 2. The molecular weight excluding hydrogens is 456 g/mol. The van der Waals surface area contributed by atoms with Gasteiger partial charge in [0.05, 0.1) is 12.0 Å². The van der Waals surface area contributed by atoms with Gasteiger partial charge in [-0.2, -0.15) is 0 Å². The highest BCUT2D eigenvalue weighted by Gasteiger charge is 2.65. The van der Waals surface area contributed by atoms with E-state index in [1.54, 1.807) is 19.4 Å². The molecule has 36 heavy (non-hydrogen) atoms. The Morgan fingerprint density at radius 3 is 2.75 bits per heavy atom. The molecule has 0 unspecified atom stereocenters. The lowest BCUT2D eigenvalue weighted by atomic mass is 9.46. The second-order valence-corrected chi connectivity index (χ2v) is 11.9. The molecule has 0 saturated heterocycles. The Labute approximate surface area is 213 Å². The van der Waals surface area contributed by atoms with E-state index in [-0.39, 0.29) is 29.1 Å². The number of hydrogen-bond donors (Lipinski definition) is 3. The Hall–Kier alpha value is -2.48. The first-order valence-corrected chi connectivity index (χ1v) is 13.5. The summed E-state index contributed by atoms with van der Waals surface area (Å²) in [6.07, 6.45) is 13.8. The lowest BCUT2D eigenvalue weighted by Gasteiger charge is -2.59. The molecule has 8 nitrogen and oxygen atoms in total. The fourth-order valence-corrected chi connectivity index (χ4v) is 8.22. The van der Waals surface area contributed by atoms with Crippen LogP contribution in [0.5, 0.6) is 0 Å². The van der Waals surface area contributed by atoms with Crippen molar-refractivity contribution >= 4 is 17.4 Å². The largest absolute Gasteiger partial charge is 0.385 e. The number of hydrogen-bond acceptors (Lipinski definition) is 6. The topological polar surface area (TPSA) is 117 Å². The Morgan fingerprint density at radius 2 is 2.00 bits per heavy atom. The van der Waals surface area contributed by atoms with Crippen molar-refractivity contribution in [1.82, 2.24) is 15.3 Å². The van der Waals surface area contributed by atoms with Gasteiger partial charge in [-0.15, -0.1) is 0 Å². The van der Waals surface area contributed by atoms with Crippen LogP contribution in [-0.2, 0) is 20.8 Å². The van der Waals surface area contributed by atoms with Crippen LogP contribution in [0.1, 0.15) is 77.8 Å². The summed E-state index contributed by atoms with van der Waals surface area (Å²) in [6, 6.07) is 0. The minimum atomic E-state index is -1.16. The van der Waals surface area contributed by atoms with Crippen molar-refractivity contribution in [1.29, 1.82) is 0 Å². The van der Waals surface area contributed by atoms with Crippen molar-refractivity contribution in [3.8, 4) is 0 Å². The maximum atomic E-state index is 12.4. The van der Waals surface area contributed by atoms with Crippen LogP contribution < -0.4 is 5.32 Å². The summed E-state index contributed by atoms with van der Waals surface area (Å²) in [4.78, 5) is 36.9. The molecule has 4 aliphatic carbocycles. The maximum absolute atomic E-state index is 12.4. The minimum Gasteiger partial charge on any atom is -0.385 e. The van der Waals surface area contributed by atoms with E-state index in [2.05, 4.69) is 40.4 Å². The van der Waals surface area contributed by atoms with E-state index in [0.29, 0.717) is 37.1 Å². The zero-order chi connectivity index (χ0) is 25.6. The third-order valence-corrected chi connectivity index (χ3v) is 10.4. The number of imidazole rings is 1. The van der Waals surface area contributed by atoms with E-state index in [9.17, 15) is 14.7 Å². The maximum Gasteiger partial charge on any atom is 0.260 e. The van der Waals surface area contributed by atoms with Crippen LogP contribution in [0, 0.1) is 28.6 Å². The molecule has 1 heterocycles. The van der Waals surface area contributed by atoms with Gasteiger partial charge in [-0.25, -0.2) is 4.98 Å². The predicted molar refractivity (Wildman–Crippen MR) is 136 cm³/mol. The number of H-pyrrole nitrogens is 1. The van der Waals surface area contributed by atoms with E-state index < -0.39 is 5.60 Å². The van der Waals surface area contributed by atoms with E-state index in [0.717, 1.165) is 56.4 Å². The second-order valence-electron chi connectivity index (χ2n) is 11.9. The van der Waals surface area contributed by atoms with Crippen LogP contribution in [0.15, 0.2) is 29.3 Å². The average Bonchev–Trinajstić information content (AvgIpc) is 3.46. The van der Waals surface area contributed by atoms with Crippen LogP contribution in [0.25, 0.3) is 0 Å². The van der Waals surface area contributed by atoms with Crippen molar-refractivity contribution < 1.29 is 19.5 Å². The molecule has 0 bridgehead atoms. The van der Waals surface area contributed by atoms with Crippen LogP contribution in [-0.4, -0.2) is 51.2 Å². The van der Waals surface area contributed by atoms with Crippen molar-refractivity contribution in [3.05, 3.63) is 29.9 Å². The first-order chi connectivity index (χ1) is 17.2. The minimum absolute atomic E-state index is 0.0569. The number of aromatic nitrogens is 2. The molecule has 8 heteroatoms. The van der Waals surface area contributed by atoms with Crippen LogP contribution >= 0.6 is 0 Å².